The van der Waals surface area contributed by atoms with Crippen molar-refractivity contribution in [3.05, 3.63) is 71.3 Å². The number of carboxylic acids is 1. The smallest absolute Gasteiger partial charge is 0.328 e. The molecule has 0 aromatic heterocycles. The van der Waals surface area contributed by atoms with E-state index in [2.05, 4.69) is 10.6 Å². The molecule has 0 heterocycles. The summed E-state index contributed by atoms with van der Waals surface area (Å²) in [7, 11) is 0. The number of hydrogen-bond acceptors (Lipinski definition) is 3. The Balaban J connectivity index is 2.08. The molecular weight excluding hydrogens is 392 g/mol. The molecule has 3 N–H and O–H groups in total. The average molecular weight is 425 g/mol. The molecule has 166 valence electrons. The van der Waals surface area contributed by atoms with Crippen LogP contribution < -0.4 is 10.6 Å². The Morgan fingerprint density at radius 3 is 2.13 bits per heavy atom. The van der Waals surface area contributed by atoms with Gasteiger partial charge in [0.15, 0.2) is 0 Å². The standard InChI is InChI=1S/C25H32N2O4/c1-17-10-13-20(14-11-17)16-21(23(29)27-25(3,4)24(30)31)26-22(28)18(2)12-15-19-8-6-5-7-9-19/h5-11,13-14,18,21H,12,15-16H2,1-4H3,(H,26,28)(H,27,29)(H,30,31)/t18-,21+/m1/s1. The van der Waals surface area contributed by atoms with E-state index in [0.29, 0.717) is 6.42 Å². The van der Waals surface area contributed by atoms with E-state index < -0.39 is 23.5 Å². The van der Waals surface area contributed by atoms with Gasteiger partial charge in [0, 0.05) is 12.3 Å². The average Bonchev–Trinajstić information content (AvgIpc) is 2.73. The van der Waals surface area contributed by atoms with E-state index in [0.717, 1.165) is 23.1 Å². The summed E-state index contributed by atoms with van der Waals surface area (Å²) in [4.78, 5) is 37.1. The third kappa shape index (κ3) is 7.55. The van der Waals surface area contributed by atoms with E-state index in [1.807, 2.05) is 68.4 Å². The Bertz CT molecular complexity index is 891. The molecule has 2 aromatic carbocycles. The van der Waals surface area contributed by atoms with Gasteiger partial charge < -0.3 is 15.7 Å². The van der Waals surface area contributed by atoms with Crippen LogP contribution >= 0.6 is 0 Å². The molecule has 6 nitrogen and oxygen atoms in total. The van der Waals surface area contributed by atoms with E-state index >= 15 is 0 Å². The molecule has 2 aromatic rings. The molecule has 0 saturated heterocycles. The summed E-state index contributed by atoms with van der Waals surface area (Å²) in [5.74, 6) is -2.17. The van der Waals surface area contributed by atoms with Crippen LogP contribution in [0.25, 0.3) is 0 Å². The van der Waals surface area contributed by atoms with Gasteiger partial charge in [0.25, 0.3) is 0 Å². The lowest BCUT2D eigenvalue weighted by Gasteiger charge is -2.26. The normalized spacial score (nSPS) is 13.2. The van der Waals surface area contributed by atoms with E-state index in [1.165, 1.54) is 13.8 Å². The molecule has 2 atom stereocenters. The van der Waals surface area contributed by atoms with Crippen LogP contribution in [-0.2, 0) is 27.2 Å². The number of aliphatic carboxylic acids is 1. The number of carboxylic acid groups (broad SMARTS) is 1. The molecule has 2 amide bonds. The summed E-state index contributed by atoms with van der Waals surface area (Å²) in [6.07, 6.45) is 1.69. The minimum absolute atomic E-state index is 0.226. The number of carbonyl (C=O) groups excluding carboxylic acids is 2. The number of amides is 2. The zero-order valence-electron chi connectivity index (χ0n) is 18.6. The third-order valence-corrected chi connectivity index (χ3v) is 5.32. The molecule has 0 aliphatic heterocycles. The highest BCUT2D eigenvalue weighted by Crippen LogP contribution is 2.12. The second-order valence-corrected chi connectivity index (χ2v) is 8.60. The molecular formula is C25H32N2O4. The van der Waals surface area contributed by atoms with Crippen molar-refractivity contribution in [2.24, 2.45) is 5.92 Å². The molecule has 6 heteroatoms. The summed E-state index contributed by atoms with van der Waals surface area (Å²) in [5.41, 5.74) is 1.69. The number of hydrogen-bond donors (Lipinski definition) is 3. The minimum atomic E-state index is -1.44. The maximum atomic E-state index is 12.9. The second kappa shape index (κ2) is 10.8. The fraction of sp³-hybridized carbons (Fsp3) is 0.400. The fourth-order valence-corrected chi connectivity index (χ4v) is 3.09. The van der Waals surface area contributed by atoms with Crippen molar-refractivity contribution < 1.29 is 19.5 Å². The Hall–Kier alpha value is -3.15. The first-order valence-corrected chi connectivity index (χ1v) is 10.5. The summed E-state index contributed by atoms with van der Waals surface area (Å²) in [6, 6.07) is 16.7. The molecule has 0 unspecified atom stereocenters. The monoisotopic (exact) mass is 424 g/mol. The van der Waals surface area contributed by atoms with Gasteiger partial charge in [0.2, 0.25) is 11.8 Å². The van der Waals surface area contributed by atoms with Gasteiger partial charge in [-0.15, -0.1) is 0 Å². The van der Waals surface area contributed by atoms with E-state index in [9.17, 15) is 19.5 Å². The fourth-order valence-electron chi connectivity index (χ4n) is 3.09. The predicted molar refractivity (Wildman–Crippen MR) is 121 cm³/mol. The van der Waals surface area contributed by atoms with Crippen molar-refractivity contribution in [2.45, 2.75) is 58.5 Å². The van der Waals surface area contributed by atoms with Gasteiger partial charge in [0.05, 0.1) is 0 Å². The highest BCUT2D eigenvalue weighted by molar-refractivity contribution is 5.92. The van der Waals surface area contributed by atoms with Crippen molar-refractivity contribution in [3.63, 3.8) is 0 Å². The minimum Gasteiger partial charge on any atom is -0.480 e. The van der Waals surface area contributed by atoms with Gasteiger partial charge in [-0.25, -0.2) is 4.79 Å². The molecule has 0 saturated carbocycles. The van der Waals surface area contributed by atoms with Crippen LogP contribution in [0.2, 0.25) is 0 Å². The summed E-state index contributed by atoms with van der Waals surface area (Å²) < 4.78 is 0. The number of carbonyl (C=O) groups is 3. The van der Waals surface area contributed by atoms with Gasteiger partial charge >= 0.3 is 5.97 Å². The lowest BCUT2D eigenvalue weighted by molar-refractivity contribution is -0.146. The van der Waals surface area contributed by atoms with Crippen molar-refractivity contribution >= 4 is 17.8 Å². The molecule has 0 aliphatic carbocycles. The van der Waals surface area contributed by atoms with Crippen molar-refractivity contribution in [1.82, 2.24) is 10.6 Å². The zero-order chi connectivity index (χ0) is 23.0. The second-order valence-electron chi connectivity index (χ2n) is 8.60. The largest absolute Gasteiger partial charge is 0.480 e. The van der Waals surface area contributed by atoms with Crippen LogP contribution in [0, 0.1) is 12.8 Å². The SMILES string of the molecule is Cc1ccc(C[C@H](NC(=O)[C@H](C)CCc2ccccc2)C(=O)NC(C)(C)C(=O)O)cc1. The van der Waals surface area contributed by atoms with Crippen molar-refractivity contribution in [3.8, 4) is 0 Å². The molecule has 0 radical (unpaired) electrons. The van der Waals surface area contributed by atoms with Crippen molar-refractivity contribution in [1.29, 1.82) is 0 Å². The van der Waals surface area contributed by atoms with Gasteiger partial charge in [-0.1, -0.05) is 67.1 Å². The quantitative estimate of drug-likeness (QED) is 0.545. The van der Waals surface area contributed by atoms with Gasteiger partial charge in [-0.05, 0) is 44.7 Å². The maximum Gasteiger partial charge on any atom is 0.328 e. The van der Waals surface area contributed by atoms with Gasteiger partial charge in [0.1, 0.15) is 11.6 Å². The van der Waals surface area contributed by atoms with E-state index in [-0.39, 0.29) is 18.2 Å². The first-order valence-electron chi connectivity index (χ1n) is 10.5. The molecule has 2 rings (SSSR count). The highest BCUT2D eigenvalue weighted by atomic mass is 16.4. The molecule has 31 heavy (non-hydrogen) atoms. The first-order chi connectivity index (χ1) is 14.6. The van der Waals surface area contributed by atoms with E-state index in [4.69, 9.17) is 0 Å². The predicted octanol–water partition coefficient (Wildman–Crippen LogP) is 3.27. The summed E-state index contributed by atoms with van der Waals surface area (Å²) in [5, 5.41) is 14.7. The summed E-state index contributed by atoms with van der Waals surface area (Å²) in [6.45, 7) is 6.64. The number of aryl methyl sites for hydroxylation is 2. The Labute approximate surface area is 184 Å². The van der Waals surface area contributed by atoms with Crippen LogP contribution in [0.15, 0.2) is 54.6 Å². The molecule has 0 aliphatic rings. The summed E-state index contributed by atoms with van der Waals surface area (Å²) >= 11 is 0. The van der Waals surface area contributed by atoms with Crippen LogP contribution in [0.5, 0.6) is 0 Å². The maximum absolute atomic E-state index is 12.9. The van der Waals surface area contributed by atoms with Crippen LogP contribution in [0.1, 0.15) is 43.9 Å². The third-order valence-electron chi connectivity index (χ3n) is 5.32. The Kier molecular flexibility index (Phi) is 8.37. The van der Waals surface area contributed by atoms with Gasteiger partial charge in [-0.2, -0.15) is 0 Å². The van der Waals surface area contributed by atoms with Crippen LogP contribution in [0.3, 0.4) is 0 Å². The highest BCUT2D eigenvalue weighted by Gasteiger charge is 2.33. The number of rotatable bonds is 10. The Morgan fingerprint density at radius 2 is 1.55 bits per heavy atom. The number of benzene rings is 2. The Morgan fingerprint density at radius 1 is 0.935 bits per heavy atom. The molecule has 0 bridgehead atoms. The lowest BCUT2D eigenvalue weighted by Crippen LogP contribution is -2.57. The zero-order valence-corrected chi connectivity index (χ0v) is 18.6. The molecule has 0 spiro atoms. The lowest BCUT2D eigenvalue weighted by atomic mass is 9.98. The van der Waals surface area contributed by atoms with E-state index in [1.54, 1.807) is 0 Å². The van der Waals surface area contributed by atoms with Crippen LogP contribution in [0.4, 0.5) is 0 Å². The first kappa shape index (κ1) is 24.1. The number of nitrogens with one attached hydrogen (secondary N) is 2. The van der Waals surface area contributed by atoms with Crippen LogP contribution in [-0.4, -0.2) is 34.5 Å². The van der Waals surface area contributed by atoms with Gasteiger partial charge in [-0.3, -0.25) is 9.59 Å². The molecule has 0 fully saturated rings. The van der Waals surface area contributed by atoms with Crippen molar-refractivity contribution in [2.75, 3.05) is 0 Å². The topological polar surface area (TPSA) is 95.5 Å².